The van der Waals surface area contributed by atoms with E-state index in [0.717, 1.165) is 17.5 Å². The number of rotatable bonds is 3. The van der Waals surface area contributed by atoms with Crippen molar-refractivity contribution in [2.24, 2.45) is 0 Å². The van der Waals surface area contributed by atoms with Crippen LogP contribution in [-0.4, -0.2) is 16.9 Å². The van der Waals surface area contributed by atoms with Gasteiger partial charge in [0, 0.05) is 22.6 Å². The summed E-state index contributed by atoms with van der Waals surface area (Å²) in [5, 5.41) is 3.69. The van der Waals surface area contributed by atoms with Crippen molar-refractivity contribution in [3.8, 4) is 0 Å². The number of benzene rings is 1. The van der Waals surface area contributed by atoms with Gasteiger partial charge >= 0.3 is 0 Å². The van der Waals surface area contributed by atoms with E-state index in [-0.39, 0.29) is 17.8 Å². The maximum absolute atomic E-state index is 13.1. The Labute approximate surface area is 105 Å². The number of fused-ring (bicyclic) bond motifs is 1. The number of hydrogen-bond acceptors (Lipinski definition) is 1. The summed E-state index contributed by atoms with van der Waals surface area (Å²) in [5.41, 5.74) is 2.02. The van der Waals surface area contributed by atoms with Gasteiger partial charge < -0.3 is 10.3 Å². The lowest BCUT2D eigenvalue weighted by Crippen LogP contribution is -2.32. The fourth-order valence-corrected chi connectivity index (χ4v) is 2.00. The summed E-state index contributed by atoms with van der Waals surface area (Å²) in [4.78, 5) is 15.2. The van der Waals surface area contributed by atoms with Gasteiger partial charge in [-0.05, 0) is 38.5 Å². The largest absolute Gasteiger partial charge is 0.358 e. The number of hydrogen-bond donors (Lipinski definition) is 2. The van der Waals surface area contributed by atoms with Crippen LogP contribution in [0.15, 0.2) is 18.2 Å². The zero-order valence-corrected chi connectivity index (χ0v) is 10.8. The van der Waals surface area contributed by atoms with Crippen molar-refractivity contribution in [3.05, 3.63) is 35.3 Å². The van der Waals surface area contributed by atoms with Crippen LogP contribution in [0, 0.1) is 12.7 Å². The van der Waals surface area contributed by atoms with Gasteiger partial charge in [0.15, 0.2) is 0 Å². The maximum Gasteiger partial charge on any atom is 0.253 e. The van der Waals surface area contributed by atoms with Gasteiger partial charge in [0.1, 0.15) is 5.82 Å². The summed E-state index contributed by atoms with van der Waals surface area (Å²) in [5.74, 6) is -0.419. The first-order valence-electron chi connectivity index (χ1n) is 6.11. The average Bonchev–Trinajstić information content (AvgIpc) is 2.63. The van der Waals surface area contributed by atoms with Crippen molar-refractivity contribution in [1.29, 1.82) is 0 Å². The highest BCUT2D eigenvalue weighted by Gasteiger charge is 2.17. The molecule has 0 aliphatic rings. The van der Waals surface area contributed by atoms with E-state index in [1.165, 1.54) is 12.1 Å². The molecule has 0 fully saturated rings. The SMILES string of the molecule is CCC(C)NC(=O)c1c(C)[nH]c2cc(F)ccc12. The van der Waals surface area contributed by atoms with Crippen LogP contribution in [0.5, 0.6) is 0 Å². The molecule has 18 heavy (non-hydrogen) atoms. The minimum atomic E-state index is -0.308. The number of carbonyl (C=O) groups is 1. The molecule has 4 heteroatoms. The average molecular weight is 248 g/mol. The highest BCUT2D eigenvalue weighted by molar-refractivity contribution is 6.08. The lowest BCUT2D eigenvalue weighted by Gasteiger charge is -2.11. The van der Waals surface area contributed by atoms with Crippen LogP contribution in [0.3, 0.4) is 0 Å². The molecule has 0 spiro atoms. The number of halogens is 1. The third-order valence-corrected chi connectivity index (χ3v) is 3.17. The number of aromatic amines is 1. The molecule has 0 saturated carbocycles. The van der Waals surface area contributed by atoms with Gasteiger partial charge in [-0.1, -0.05) is 6.92 Å². The van der Waals surface area contributed by atoms with Gasteiger partial charge in [0.25, 0.3) is 5.91 Å². The topological polar surface area (TPSA) is 44.9 Å². The molecule has 1 aromatic carbocycles. The molecule has 0 radical (unpaired) electrons. The van der Waals surface area contributed by atoms with Crippen LogP contribution in [0.25, 0.3) is 10.9 Å². The zero-order chi connectivity index (χ0) is 13.3. The van der Waals surface area contributed by atoms with E-state index in [2.05, 4.69) is 10.3 Å². The fourth-order valence-electron chi connectivity index (χ4n) is 2.00. The third kappa shape index (κ3) is 2.23. The molecule has 2 rings (SSSR count). The number of carbonyl (C=O) groups excluding carboxylic acids is 1. The first-order chi connectivity index (χ1) is 8.52. The number of amides is 1. The second kappa shape index (κ2) is 4.80. The Kier molecular flexibility index (Phi) is 3.36. The van der Waals surface area contributed by atoms with Gasteiger partial charge in [-0.15, -0.1) is 0 Å². The van der Waals surface area contributed by atoms with Crippen LogP contribution in [0.4, 0.5) is 4.39 Å². The Bertz CT molecular complexity index is 589. The second-order valence-electron chi connectivity index (χ2n) is 4.60. The molecule has 1 aromatic heterocycles. The van der Waals surface area contributed by atoms with Gasteiger partial charge in [-0.2, -0.15) is 0 Å². The summed E-state index contributed by atoms with van der Waals surface area (Å²) in [6.45, 7) is 5.80. The normalized spacial score (nSPS) is 12.7. The van der Waals surface area contributed by atoms with Crippen LogP contribution < -0.4 is 5.32 Å². The van der Waals surface area contributed by atoms with E-state index in [9.17, 15) is 9.18 Å². The Morgan fingerprint density at radius 2 is 2.22 bits per heavy atom. The number of nitrogens with one attached hydrogen (secondary N) is 2. The van der Waals surface area contributed by atoms with Crippen LogP contribution in [0.2, 0.25) is 0 Å². The predicted molar refractivity (Wildman–Crippen MR) is 70.2 cm³/mol. The molecule has 2 aromatic rings. The number of H-pyrrole nitrogens is 1. The second-order valence-corrected chi connectivity index (χ2v) is 4.60. The molecule has 1 heterocycles. The van der Waals surface area contributed by atoms with E-state index in [1.807, 2.05) is 20.8 Å². The lowest BCUT2D eigenvalue weighted by molar-refractivity contribution is 0.0940. The Morgan fingerprint density at radius 1 is 1.50 bits per heavy atom. The van der Waals surface area contributed by atoms with Crippen molar-refractivity contribution in [2.45, 2.75) is 33.2 Å². The molecule has 0 aliphatic heterocycles. The van der Waals surface area contributed by atoms with Crippen LogP contribution >= 0.6 is 0 Å². The van der Waals surface area contributed by atoms with E-state index in [1.54, 1.807) is 6.07 Å². The molecule has 3 nitrogen and oxygen atoms in total. The smallest absolute Gasteiger partial charge is 0.253 e. The lowest BCUT2D eigenvalue weighted by atomic mass is 10.1. The van der Waals surface area contributed by atoms with E-state index in [0.29, 0.717) is 11.1 Å². The minimum absolute atomic E-state index is 0.111. The maximum atomic E-state index is 13.1. The highest BCUT2D eigenvalue weighted by Crippen LogP contribution is 2.23. The van der Waals surface area contributed by atoms with Gasteiger partial charge in [-0.3, -0.25) is 4.79 Å². The molecule has 2 N–H and O–H groups in total. The molecule has 1 amide bonds. The van der Waals surface area contributed by atoms with Crippen molar-refractivity contribution in [2.75, 3.05) is 0 Å². The molecule has 0 aliphatic carbocycles. The summed E-state index contributed by atoms with van der Waals surface area (Å²) in [6, 6.07) is 4.54. The van der Waals surface area contributed by atoms with Crippen molar-refractivity contribution >= 4 is 16.8 Å². The molecular weight excluding hydrogens is 231 g/mol. The minimum Gasteiger partial charge on any atom is -0.358 e. The molecule has 96 valence electrons. The summed E-state index contributed by atoms with van der Waals surface area (Å²) >= 11 is 0. The number of aromatic nitrogens is 1. The number of aryl methyl sites for hydroxylation is 1. The monoisotopic (exact) mass is 248 g/mol. The zero-order valence-electron chi connectivity index (χ0n) is 10.8. The van der Waals surface area contributed by atoms with Crippen LogP contribution in [0.1, 0.15) is 36.3 Å². The summed E-state index contributed by atoms with van der Waals surface area (Å²) < 4.78 is 13.1. The van der Waals surface area contributed by atoms with Crippen LogP contribution in [-0.2, 0) is 0 Å². The van der Waals surface area contributed by atoms with Gasteiger partial charge in [0.2, 0.25) is 0 Å². The standard InChI is InChI=1S/C14H17FN2O/c1-4-8(2)16-14(18)13-9(3)17-12-7-10(15)5-6-11(12)13/h5-8,17H,4H2,1-3H3,(H,16,18). The van der Waals surface area contributed by atoms with Crippen molar-refractivity contribution < 1.29 is 9.18 Å². The molecule has 0 saturated heterocycles. The Balaban J connectivity index is 2.44. The molecule has 0 bridgehead atoms. The Morgan fingerprint density at radius 3 is 2.89 bits per heavy atom. The first kappa shape index (κ1) is 12.6. The van der Waals surface area contributed by atoms with Gasteiger partial charge in [0.05, 0.1) is 5.56 Å². The van der Waals surface area contributed by atoms with E-state index in [4.69, 9.17) is 0 Å². The van der Waals surface area contributed by atoms with E-state index < -0.39 is 0 Å². The first-order valence-corrected chi connectivity index (χ1v) is 6.11. The predicted octanol–water partition coefficient (Wildman–Crippen LogP) is 3.14. The summed E-state index contributed by atoms with van der Waals surface area (Å²) in [7, 11) is 0. The molecule has 1 unspecified atom stereocenters. The van der Waals surface area contributed by atoms with E-state index >= 15 is 0 Å². The summed E-state index contributed by atoms with van der Waals surface area (Å²) in [6.07, 6.45) is 0.877. The third-order valence-electron chi connectivity index (χ3n) is 3.17. The highest BCUT2D eigenvalue weighted by atomic mass is 19.1. The van der Waals surface area contributed by atoms with Gasteiger partial charge in [-0.25, -0.2) is 4.39 Å². The quantitative estimate of drug-likeness (QED) is 0.861. The molecule has 1 atom stereocenters. The molecular formula is C14H17FN2O. The fraction of sp³-hybridized carbons (Fsp3) is 0.357. The van der Waals surface area contributed by atoms with Crippen molar-refractivity contribution in [3.63, 3.8) is 0 Å². The van der Waals surface area contributed by atoms with Crippen molar-refractivity contribution in [1.82, 2.24) is 10.3 Å². The Hall–Kier alpha value is -1.84.